The van der Waals surface area contributed by atoms with E-state index in [1.807, 2.05) is 78.9 Å². The number of hydrogen-bond acceptors (Lipinski definition) is 9. The summed E-state index contributed by atoms with van der Waals surface area (Å²) in [5, 5.41) is 27.7. The molecule has 0 spiro atoms. The summed E-state index contributed by atoms with van der Waals surface area (Å²) >= 11 is 1.52. The topological polar surface area (TPSA) is 133 Å². The highest BCUT2D eigenvalue weighted by Crippen LogP contribution is 2.43. The molecule has 1 aromatic heterocycles. The molecule has 0 unspecified atom stereocenters. The van der Waals surface area contributed by atoms with E-state index in [9.17, 15) is 9.90 Å². The van der Waals surface area contributed by atoms with Gasteiger partial charge < -0.3 is 30.0 Å². The molecule has 0 aliphatic carbocycles. The van der Waals surface area contributed by atoms with Gasteiger partial charge in [0.25, 0.3) is 0 Å². The number of amides is 2. The quantitative estimate of drug-likeness (QED) is 0.143. The maximum Gasteiger partial charge on any atom is 0.323 e. The molecule has 0 saturated carbocycles. The number of aliphatic hydroxyl groups excluding tert-OH is 1. The summed E-state index contributed by atoms with van der Waals surface area (Å²) in [6, 6.07) is 31.5. The second kappa shape index (κ2) is 14.6. The highest BCUT2D eigenvalue weighted by atomic mass is 32.2. The zero-order valence-corrected chi connectivity index (χ0v) is 26.1. The third-order valence-electron chi connectivity index (χ3n) is 7.59. The van der Waals surface area contributed by atoms with E-state index in [-0.39, 0.29) is 30.8 Å². The number of carbonyl (C=O) groups is 1. The SMILES string of the molecule is C[C@H]1[C@@H](CSc2nnnn2C)O[C@@H](c2cccc(NC(=O)Nc3ccc(Oc4ccccc4)cc3)c2)O[C@H]1c1ccc(CO)cc1. The number of aryl methyl sites for hydroxylation is 1. The third kappa shape index (κ3) is 7.72. The number of ether oxygens (including phenoxy) is 3. The van der Waals surface area contributed by atoms with Crippen molar-refractivity contribution in [2.45, 2.75) is 37.2 Å². The molecule has 236 valence electrons. The molecule has 4 aromatic carbocycles. The maximum absolute atomic E-state index is 12.9. The van der Waals surface area contributed by atoms with E-state index in [1.54, 1.807) is 36.0 Å². The van der Waals surface area contributed by atoms with E-state index in [2.05, 4.69) is 33.1 Å². The average Bonchev–Trinajstić information content (AvgIpc) is 3.50. The molecule has 1 aliphatic rings. The van der Waals surface area contributed by atoms with Crippen LogP contribution in [0.2, 0.25) is 0 Å². The molecule has 6 rings (SSSR count). The number of benzene rings is 4. The summed E-state index contributed by atoms with van der Waals surface area (Å²) in [6.45, 7) is 2.07. The summed E-state index contributed by atoms with van der Waals surface area (Å²) in [5.74, 6) is 2.01. The molecule has 12 heteroatoms. The fraction of sp³-hybridized carbons (Fsp3) is 0.235. The van der Waals surface area contributed by atoms with Crippen LogP contribution in [0.3, 0.4) is 0 Å². The van der Waals surface area contributed by atoms with Crippen molar-refractivity contribution in [1.82, 2.24) is 20.2 Å². The summed E-state index contributed by atoms with van der Waals surface area (Å²) in [5.41, 5.74) is 3.79. The number of nitrogens with one attached hydrogen (secondary N) is 2. The van der Waals surface area contributed by atoms with Gasteiger partial charge in [-0.05, 0) is 70.1 Å². The van der Waals surface area contributed by atoms with E-state index in [4.69, 9.17) is 14.2 Å². The van der Waals surface area contributed by atoms with Crippen molar-refractivity contribution in [2.75, 3.05) is 16.4 Å². The number of thioether (sulfide) groups is 1. The number of hydrogen-bond donors (Lipinski definition) is 3. The Labute approximate surface area is 270 Å². The Kier molecular flexibility index (Phi) is 9.89. The van der Waals surface area contributed by atoms with Gasteiger partial charge in [-0.1, -0.05) is 73.3 Å². The molecule has 2 amide bonds. The number of aromatic nitrogens is 4. The van der Waals surface area contributed by atoms with Gasteiger partial charge in [0.2, 0.25) is 5.16 Å². The van der Waals surface area contributed by atoms with Crippen LogP contribution in [0.15, 0.2) is 108 Å². The molecule has 4 atom stereocenters. The van der Waals surface area contributed by atoms with Gasteiger partial charge in [-0.25, -0.2) is 9.48 Å². The number of nitrogens with zero attached hydrogens (tertiary/aromatic N) is 4. The fourth-order valence-electron chi connectivity index (χ4n) is 5.10. The predicted molar refractivity (Wildman–Crippen MR) is 175 cm³/mol. The van der Waals surface area contributed by atoms with Gasteiger partial charge in [-0.15, -0.1) is 5.10 Å². The minimum absolute atomic E-state index is 0.00137. The van der Waals surface area contributed by atoms with Crippen LogP contribution in [-0.4, -0.2) is 43.2 Å². The minimum atomic E-state index is -0.691. The number of para-hydroxylation sites is 1. The predicted octanol–water partition coefficient (Wildman–Crippen LogP) is 6.72. The molecule has 1 fully saturated rings. The monoisotopic (exact) mass is 638 g/mol. The summed E-state index contributed by atoms with van der Waals surface area (Å²) in [4.78, 5) is 12.9. The van der Waals surface area contributed by atoms with Crippen molar-refractivity contribution in [3.8, 4) is 11.5 Å². The Hall–Kier alpha value is -4.75. The van der Waals surface area contributed by atoms with E-state index >= 15 is 0 Å². The van der Waals surface area contributed by atoms with Gasteiger partial charge in [0.15, 0.2) is 6.29 Å². The van der Waals surface area contributed by atoms with Gasteiger partial charge in [0, 0.05) is 35.7 Å². The lowest BCUT2D eigenvalue weighted by Gasteiger charge is -2.41. The first kappa shape index (κ1) is 31.2. The van der Waals surface area contributed by atoms with Crippen molar-refractivity contribution < 1.29 is 24.1 Å². The molecule has 1 aliphatic heterocycles. The first-order valence-corrected chi connectivity index (χ1v) is 15.8. The van der Waals surface area contributed by atoms with Crippen molar-refractivity contribution in [3.05, 3.63) is 120 Å². The normalized spacial score (nSPS) is 19.4. The van der Waals surface area contributed by atoms with Crippen molar-refractivity contribution in [2.24, 2.45) is 13.0 Å². The van der Waals surface area contributed by atoms with Crippen LogP contribution >= 0.6 is 11.8 Å². The van der Waals surface area contributed by atoms with Crippen molar-refractivity contribution in [1.29, 1.82) is 0 Å². The first-order valence-electron chi connectivity index (χ1n) is 14.8. The molecule has 11 nitrogen and oxygen atoms in total. The molecule has 5 aromatic rings. The maximum atomic E-state index is 12.9. The fourth-order valence-corrected chi connectivity index (χ4v) is 6.11. The van der Waals surface area contributed by atoms with Gasteiger partial charge >= 0.3 is 6.03 Å². The van der Waals surface area contributed by atoms with E-state index < -0.39 is 6.29 Å². The number of rotatable bonds is 10. The Morgan fingerprint density at radius 2 is 1.63 bits per heavy atom. The Morgan fingerprint density at radius 3 is 2.35 bits per heavy atom. The molecule has 1 saturated heterocycles. The number of carbonyl (C=O) groups excluding carboxylic acids is 1. The first-order chi connectivity index (χ1) is 22.4. The summed E-state index contributed by atoms with van der Waals surface area (Å²) in [6.07, 6.45) is -1.16. The van der Waals surface area contributed by atoms with Gasteiger partial charge in [-0.3, -0.25) is 0 Å². The molecule has 46 heavy (non-hydrogen) atoms. The second-order valence-electron chi connectivity index (χ2n) is 10.9. The van der Waals surface area contributed by atoms with Crippen LogP contribution in [0, 0.1) is 5.92 Å². The van der Waals surface area contributed by atoms with Crippen LogP contribution in [0.1, 0.15) is 36.0 Å². The summed E-state index contributed by atoms with van der Waals surface area (Å²) < 4.78 is 20.6. The standard InChI is InChI=1S/C34H34N6O5S/c1-22-30(21-46-34-37-38-39-40(34)2)44-32(45-31(22)24-13-11-23(20-41)12-14-24)25-7-6-8-27(19-25)36-33(42)35-26-15-17-29(18-16-26)43-28-9-4-3-5-10-28/h3-19,22,30-32,41H,20-21H2,1-2H3,(H2,35,36,42)/t22-,30+,31+,32+/m0/s1. The molecular formula is C34H34N6O5S. The molecule has 2 heterocycles. The lowest BCUT2D eigenvalue weighted by molar-refractivity contribution is -0.268. The van der Waals surface area contributed by atoms with Crippen LogP contribution in [-0.2, 0) is 23.1 Å². The largest absolute Gasteiger partial charge is 0.457 e. The number of urea groups is 1. The van der Waals surface area contributed by atoms with Crippen molar-refractivity contribution in [3.63, 3.8) is 0 Å². The van der Waals surface area contributed by atoms with Gasteiger partial charge in [-0.2, -0.15) is 0 Å². The van der Waals surface area contributed by atoms with Gasteiger partial charge in [0.1, 0.15) is 11.5 Å². The number of aliphatic hydroxyl groups is 1. The van der Waals surface area contributed by atoms with E-state index in [0.717, 1.165) is 22.4 Å². The molecule has 0 radical (unpaired) electrons. The Morgan fingerprint density at radius 1 is 0.891 bits per heavy atom. The highest BCUT2D eigenvalue weighted by Gasteiger charge is 2.38. The van der Waals surface area contributed by atoms with Crippen LogP contribution in [0.25, 0.3) is 0 Å². The van der Waals surface area contributed by atoms with Crippen LogP contribution < -0.4 is 15.4 Å². The zero-order chi connectivity index (χ0) is 31.9. The molecule has 3 N–H and O–H groups in total. The highest BCUT2D eigenvalue weighted by molar-refractivity contribution is 7.99. The second-order valence-corrected chi connectivity index (χ2v) is 11.8. The van der Waals surface area contributed by atoms with Crippen LogP contribution in [0.4, 0.5) is 16.2 Å². The minimum Gasteiger partial charge on any atom is -0.457 e. The van der Waals surface area contributed by atoms with E-state index in [0.29, 0.717) is 28.0 Å². The zero-order valence-electron chi connectivity index (χ0n) is 25.3. The van der Waals surface area contributed by atoms with Gasteiger partial charge in [0.05, 0.1) is 18.8 Å². The Bertz CT molecular complexity index is 1740. The molecule has 0 bridgehead atoms. The van der Waals surface area contributed by atoms with Crippen molar-refractivity contribution >= 4 is 29.2 Å². The lowest BCUT2D eigenvalue weighted by atomic mass is 9.91. The third-order valence-corrected chi connectivity index (χ3v) is 8.69. The lowest BCUT2D eigenvalue weighted by Crippen LogP contribution is -2.38. The smallest absolute Gasteiger partial charge is 0.323 e. The average molecular weight is 639 g/mol. The Balaban J connectivity index is 1.14. The number of anilines is 2. The molecular weight excluding hydrogens is 604 g/mol. The van der Waals surface area contributed by atoms with E-state index in [1.165, 1.54) is 11.8 Å². The summed E-state index contributed by atoms with van der Waals surface area (Å²) in [7, 11) is 1.80. The van der Waals surface area contributed by atoms with Crippen LogP contribution in [0.5, 0.6) is 11.5 Å². The number of tetrazole rings is 1.